The summed E-state index contributed by atoms with van der Waals surface area (Å²) in [5, 5.41) is 4.30. The molecule has 1 aromatic carbocycles. The van der Waals surface area contributed by atoms with E-state index in [0.29, 0.717) is 0 Å². The highest BCUT2D eigenvalue weighted by molar-refractivity contribution is 5.53. The molecule has 66 valence electrons. The number of nitrogens with zero attached hydrogens (tertiary/aromatic N) is 3. The maximum Gasteiger partial charge on any atom is 0.181 e. The van der Waals surface area contributed by atoms with Gasteiger partial charge in [-0.25, -0.2) is 4.98 Å². The summed E-state index contributed by atoms with van der Waals surface area (Å²) in [6.07, 6.45) is 1.75. The van der Waals surface area contributed by atoms with Crippen LogP contribution in [0.3, 0.4) is 0 Å². The van der Waals surface area contributed by atoms with Crippen molar-refractivity contribution in [1.82, 2.24) is 14.8 Å². The Hall–Kier alpha value is -1.64. The molecule has 2 aromatic rings. The van der Waals surface area contributed by atoms with Gasteiger partial charge in [0.15, 0.2) is 5.82 Å². The molecule has 0 aliphatic rings. The van der Waals surface area contributed by atoms with Crippen molar-refractivity contribution in [2.45, 2.75) is 13.5 Å². The van der Waals surface area contributed by atoms with E-state index < -0.39 is 0 Å². The van der Waals surface area contributed by atoms with E-state index in [0.717, 1.165) is 17.9 Å². The van der Waals surface area contributed by atoms with Crippen LogP contribution in [0.2, 0.25) is 0 Å². The zero-order chi connectivity index (χ0) is 9.10. The summed E-state index contributed by atoms with van der Waals surface area (Å²) in [7, 11) is 0. The maximum atomic E-state index is 4.30. The van der Waals surface area contributed by atoms with E-state index in [1.165, 1.54) is 0 Å². The van der Waals surface area contributed by atoms with Crippen LogP contribution in [0.15, 0.2) is 36.7 Å². The van der Waals surface area contributed by atoms with Gasteiger partial charge in [-0.15, -0.1) is 0 Å². The average Bonchev–Trinajstić information content (AvgIpc) is 2.67. The van der Waals surface area contributed by atoms with Crippen LogP contribution >= 0.6 is 0 Å². The van der Waals surface area contributed by atoms with E-state index in [9.17, 15) is 0 Å². The first-order valence-electron chi connectivity index (χ1n) is 4.35. The third kappa shape index (κ3) is 1.59. The van der Waals surface area contributed by atoms with Gasteiger partial charge in [0.25, 0.3) is 0 Å². The Bertz CT molecular complexity index is 378. The van der Waals surface area contributed by atoms with Crippen LogP contribution < -0.4 is 0 Å². The van der Waals surface area contributed by atoms with Gasteiger partial charge in [-0.05, 0) is 6.92 Å². The topological polar surface area (TPSA) is 30.7 Å². The first-order chi connectivity index (χ1) is 6.40. The fraction of sp³-hybridized carbons (Fsp3) is 0.200. The molecule has 0 aliphatic heterocycles. The van der Waals surface area contributed by atoms with Gasteiger partial charge in [0, 0.05) is 12.1 Å². The molecule has 0 radical (unpaired) electrons. The van der Waals surface area contributed by atoms with Crippen molar-refractivity contribution in [2.75, 3.05) is 0 Å². The number of aryl methyl sites for hydroxylation is 1. The van der Waals surface area contributed by atoms with E-state index >= 15 is 0 Å². The van der Waals surface area contributed by atoms with Crippen molar-refractivity contribution in [3.05, 3.63) is 36.7 Å². The summed E-state index contributed by atoms with van der Waals surface area (Å²) in [6, 6.07) is 9.98. The van der Waals surface area contributed by atoms with Crippen LogP contribution in [0, 0.1) is 0 Å². The van der Waals surface area contributed by atoms with Crippen molar-refractivity contribution in [1.29, 1.82) is 0 Å². The summed E-state index contributed by atoms with van der Waals surface area (Å²) in [4.78, 5) is 4.21. The van der Waals surface area contributed by atoms with E-state index in [2.05, 4.69) is 10.1 Å². The van der Waals surface area contributed by atoms with Gasteiger partial charge in [0.05, 0.1) is 0 Å². The lowest BCUT2D eigenvalue weighted by Crippen LogP contribution is -1.93. The Labute approximate surface area is 77.0 Å². The highest BCUT2D eigenvalue weighted by Gasteiger charge is 2.00. The van der Waals surface area contributed by atoms with Crippen LogP contribution in [0.25, 0.3) is 11.4 Å². The normalized spacial score (nSPS) is 10.2. The molecule has 3 nitrogen and oxygen atoms in total. The zero-order valence-corrected chi connectivity index (χ0v) is 7.51. The molecule has 2 rings (SSSR count). The molecule has 0 amide bonds. The van der Waals surface area contributed by atoms with Crippen molar-refractivity contribution < 1.29 is 0 Å². The molecule has 0 bridgehead atoms. The molecule has 0 N–H and O–H groups in total. The van der Waals surface area contributed by atoms with Crippen LogP contribution in [0.5, 0.6) is 0 Å². The van der Waals surface area contributed by atoms with Gasteiger partial charge < -0.3 is 0 Å². The Morgan fingerprint density at radius 2 is 2.00 bits per heavy atom. The lowest BCUT2D eigenvalue weighted by atomic mass is 10.2. The molecular formula is C10H11N3. The monoisotopic (exact) mass is 173 g/mol. The second-order valence-corrected chi connectivity index (χ2v) is 2.79. The summed E-state index contributed by atoms with van der Waals surface area (Å²) in [5.74, 6) is 0.794. The Morgan fingerprint density at radius 3 is 2.62 bits per heavy atom. The minimum atomic E-state index is 0.794. The highest BCUT2D eigenvalue weighted by Crippen LogP contribution is 2.12. The molecule has 3 heteroatoms. The first kappa shape index (κ1) is 7.98. The van der Waals surface area contributed by atoms with Crippen molar-refractivity contribution in [2.24, 2.45) is 0 Å². The summed E-state index contributed by atoms with van der Waals surface area (Å²) < 4.78 is 1.82. The highest BCUT2D eigenvalue weighted by atomic mass is 15.3. The predicted octanol–water partition coefficient (Wildman–Crippen LogP) is 1.96. The lowest BCUT2D eigenvalue weighted by molar-refractivity contribution is 0.660. The summed E-state index contributed by atoms with van der Waals surface area (Å²) in [5.41, 5.74) is 1.06. The Kier molecular flexibility index (Phi) is 2.08. The molecule has 0 spiro atoms. The number of benzene rings is 1. The number of aromatic nitrogens is 3. The third-order valence-electron chi connectivity index (χ3n) is 1.89. The van der Waals surface area contributed by atoms with Gasteiger partial charge in [-0.1, -0.05) is 30.3 Å². The number of rotatable bonds is 2. The molecule has 0 fully saturated rings. The molecule has 13 heavy (non-hydrogen) atoms. The standard InChI is InChI=1S/C10H11N3/c1-2-13-8-11-10(12-13)9-6-4-3-5-7-9/h3-8H,2H2,1H3. The minimum absolute atomic E-state index is 0.794. The third-order valence-corrected chi connectivity index (χ3v) is 1.89. The Morgan fingerprint density at radius 1 is 1.23 bits per heavy atom. The summed E-state index contributed by atoms with van der Waals surface area (Å²) in [6.45, 7) is 2.91. The van der Waals surface area contributed by atoms with Gasteiger partial charge in [-0.3, -0.25) is 4.68 Å². The molecule has 0 aliphatic carbocycles. The molecule has 0 unspecified atom stereocenters. The van der Waals surface area contributed by atoms with E-state index in [1.807, 2.05) is 41.9 Å². The number of hydrogen-bond acceptors (Lipinski definition) is 2. The SMILES string of the molecule is CCn1cnc(-c2ccccc2)n1. The van der Waals surface area contributed by atoms with Gasteiger partial charge in [0.2, 0.25) is 0 Å². The van der Waals surface area contributed by atoms with E-state index in [1.54, 1.807) is 6.33 Å². The van der Waals surface area contributed by atoms with Crippen LogP contribution in [0.4, 0.5) is 0 Å². The van der Waals surface area contributed by atoms with Crippen molar-refractivity contribution in [3.63, 3.8) is 0 Å². The van der Waals surface area contributed by atoms with E-state index in [4.69, 9.17) is 0 Å². The zero-order valence-electron chi connectivity index (χ0n) is 7.51. The molecule has 0 saturated heterocycles. The minimum Gasteiger partial charge on any atom is -0.253 e. The smallest absolute Gasteiger partial charge is 0.181 e. The lowest BCUT2D eigenvalue weighted by Gasteiger charge is -1.93. The summed E-state index contributed by atoms with van der Waals surface area (Å²) >= 11 is 0. The van der Waals surface area contributed by atoms with Crippen molar-refractivity contribution >= 4 is 0 Å². The van der Waals surface area contributed by atoms with Gasteiger partial charge in [0.1, 0.15) is 6.33 Å². The quantitative estimate of drug-likeness (QED) is 0.695. The Balaban J connectivity index is 2.36. The molecule has 1 heterocycles. The van der Waals surface area contributed by atoms with Gasteiger partial charge >= 0.3 is 0 Å². The van der Waals surface area contributed by atoms with Crippen LogP contribution in [-0.2, 0) is 6.54 Å². The largest absolute Gasteiger partial charge is 0.253 e. The molecule has 1 aromatic heterocycles. The van der Waals surface area contributed by atoms with E-state index in [-0.39, 0.29) is 0 Å². The van der Waals surface area contributed by atoms with Crippen molar-refractivity contribution in [3.8, 4) is 11.4 Å². The first-order valence-corrected chi connectivity index (χ1v) is 4.35. The fourth-order valence-corrected chi connectivity index (χ4v) is 1.17. The van der Waals surface area contributed by atoms with Gasteiger partial charge in [-0.2, -0.15) is 5.10 Å². The average molecular weight is 173 g/mol. The second-order valence-electron chi connectivity index (χ2n) is 2.79. The predicted molar refractivity (Wildman–Crippen MR) is 51.1 cm³/mol. The molecular weight excluding hydrogens is 162 g/mol. The maximum absolute atomic E-state index is 4.30. The van der Waals surface area contributed by atoms with Crippen LogP contribution in [-0.4, -0.2) is 14.8 Å². The fourth-order valence-electron chi connectivity index (χ4n) is 1.17. The number of hydrogen-bond donors (Lipinski definition) is 0. The van der Waals surface area contributed by atoms with Crippen LogP contribution in [0.1, 0.15) is 6.92 Å². The molecule has 0 saturated carbocycles. The molecule has 0 atom stereocenters. The second kappa shape index (κ2) is 3.39.